The first-order valence-electron chi connectivity index (χ1n) is 8.84. The number of thiazole rings is 1. The Morgan fingerprint density at radius 3 is 2.80 bits per heavy atom. The van der Waals surface area contributed by atoms with Gasteiger partial charge in [0.15, 0.2) is 9.74 Å². The summed E-state index contributed by atoms with van der Waals surface area (Å²) in [7, 11) is 1.60. The van der Waals surface area contributed by atoms with E-state index in [1.807, 2.05) is 42.5 Å². The molecule has 2 aromatic carbocycles. The van der Waals surface area contributed by atoms with Crippen molar-refractivity contribution in [2.45, 2.75) is 0 Å². The number of nitrogens with zero attached hydrogens (tertiary/aromatic N) is 2. The molecule has 1 aliphatic rings. The van der Waals surface area contributed by atoms with Crippen LogP contribution in [0.4, 0.5) is 0 Å². The molecule has 0 unspecified atom stereocenters. The number of hydrogen-bond acceptors (Lipinski definition) is 6. The zero-order valence-corrected chi connectivity index (χ0v) is 18.9. The number of allylic oxidation sites excluding steroid dienone is 2. The molecule has 4 rings (SSSR count). The van der Waals surface area contributed by atoms with Gasteiger partial charge < -0.3 is 9.84 Å². The molecule has 0 aliphatic heterocycles. The van der Waals surface area contributed by atoms with Crippen LogP contribution in [-0.2, 0) is 4.79 Å². The molecule has 1 aliphatic carbocycles. The van der Waals surface area contributed by atoms with E-state index in [2.05, 4.69) is 21.0 Å². The third kappa shape index (κ3) is 3.94. The van der Waals surface area contributed by atoms with Crippen molar-refractivity contribution in [3.05, 3.63) is 78.5 Å². The van der Waals surface area contributed by atoms with Crippen LogP contribution in [0.3, 0.4) is 0 Å². The third-order valence-corrected chi connectivity index (χ3v) is 6.41. The van der Waals surface area contributed by atoms with Crippen LogP contribution in [0.25, 0.3) is 17.7 Å². The molecule has 0 bridgehead atoms. The predicted molar refractivity (Wildman–Crippen MR) is 127 cm³/mol. The number of carbonyl (C=O) groups excluding carboxylic acids is 1. The lowest BCUT2D eigenvalue weighted by atomic mass is 9.91. The van der Waals surface area contributed by atoms with Gasteiger partial charge in [-0.3, -0.25) is 4.79 Å². The highest BCUT2D eigenvalue weighted by molar-refractivity contribution is 9.10. The van der Waals surface area contributed by atoms with Crippen molar-refractivity contribution >= 4 is 69.2 Å². The summed E-state index contributed by atoms with van der Waals surface area (Å²) in [5.74, 6) is 0.481. The van der Waals surface area contributed by atoms with Crippen LogP contribution < -0.4 is 4.74 Å². The lowest BCUT2D eigenvalue weighted by Gasteiger charge is -2.12. The Hall–Kier alpha value is -2.81. The van der Waals surface area contributed by atoms with Gasteiger partial charge in [-0.05, 0) is 75.2 Å². The lowest BCUT2D eigenvalue weighted by Crippen LogP contribution is -2.04. The Morgan fingerprint density at radius 2 is 2.03 bits per heavy atom. The highest BCUT2D eigenvalue weighted by Crippen LogP contribution is 2.34. The fraction of sp³-hybridized carbons (Fsp3) is 0.0455. The second kappa shape index (κ2) is 8.51. The number of ether oxygens (including phenoxy) is 1. The number of benzene rings is 2. The van der Waals surface area contributed by atoms with Crippen LogP contribution in [0, 0.1) is 3.95 Å². The largest absolute Gasteiger partial charge is 0.496 e. The number of carbonyl (C=O) groups is 1. The van der Waals surface area contributed by atoms with Crippen molar-refractivity contribution in [2.75, 3.05) is 7.11 Å². The van der Waals surface area contributed by atoms with Crippen molar-refractivity contribution in [1.29, 1.82) is 0 Å². The molecule has 0 saturated carbocycles. The van der Waals surface area contributed by atoms with Gasteiger partial charge in [0.25, 0.3) is 0 Å². The number of aromatic nitrogens is 1. The monoisotopic (exact) mass is 498 g/mol. The number of halogens is 1. The van der Waals surface area contributed by atoms with E-state index in [4.69, 9.17) is 17.0 Å². The second-order valence-corrected chi connectivity index (χ2v) is 8.88. The minimum atomic E-state index is -0.120. The average molecular weight is 499 g/mol. The summed E-state index contributed by atoms with van der Waals surface area (Å²) in [6, 6.07) is 13.1. The third-order valence-electron chi connectivity index (χ3n) is 4.50. The van der Waals surface area contributed by atoms with E-state index in [-0.39, 0.29) is 11.7 Å². The van der Waals surface area contributed by atoms with Gasteiger partial charge in [0.05, 0.1) is 22.7 Å². The van der Waals surface area contributed by atoms with E-state index in [1.165, 1.54) is 22.1 Å². The SMILES string of the molecule is COc1ccc(C=Nn2c(O)c(/C=C3\C(=O)C=Cc4ccccc43)sc2=S)cc1Br. The second-order valence-electron chi connectivity index (χ2n) is 6.35. The predicted octanol–water partition coefficient (Wildman–Crippen LogP) is 5.77. The van der Waals surface area contributed by atoms with Crippen molar-refractivity contribution in [1.82, 2.24) is 4.68 Å². The van der Waals surface area contributed by atoms with Crippen LogP contribution in [0.15, 0.2) is 58.1 Å². The molecular weight excluding hydrogens is 484 g/mol. The molecule has 3 aromatic rings. The number of aromatic hydroxyl groups is 1. The van der Waals surface area contributed by atoms with Gasteiger partial charge in [0, 0.05) is 5.57 Å². The van der Waals surface area contributed by atoms with Gasteiger partial charge >= 0.3 is 0 Å². The van der Waals surface area contributed by atoms with Gasteiger partial charge in [0.2, 0.25) is 5.88 Å². The lowest BCUT2D eigenvalue weighted by molar-refractivity contribution is -0.109. The number of fused-ring (bicyclic) bond motifs is 1. The summed E-state index contributed by atoms with van der Waals surface area (Å²) in [5, 5.41) is 15.0. The van der Waals surface area contributed by atoms with E-state index in [1.54, 1.807) is 25.5 Å². The van der Waals surface area contributed by atoms with E-state index >= 15 is 0 Å². The molecule has 0 amide bonds. The van der Waals surface area contributed by atoms with E-state index < -0.39 is 0 Å². The first kappa shape index (κ1) is 20.5. The average Bonchev–Trinajstić information content (AvgIpc) is 3.01. The molecule has 0 saturated heterocycles. The Labute approximate surface area is 190 Å². The maximum atomic E-state index is 12.5. The highest BCUT2D eigenvalue weighted by Gasteiger charge is 2.19. The molecule has 8 heteroatoms. The van der Waals surface area contributed by atoms with Crippen molar-refractivity contribution in [3.63, 3.8) is 0 Å². The van der Waals surface area contributed by atoms with Crippen LogP contribution >= 0.6 is 39.5 Å². The molecule has 1 heterocycles. The van der Waals surface area contributed by atoms with Crippen molar-refractivity contribution < 1.29 is 14.6 Å². The van der Waals surface area contributed by atoms with Gasteiger partial charge in [-0.2, -0.15) is 9.78 Å². The molecular formula is C22H15BrN2O3S2. The Kier molecular flexibility index (Phi) is 5.80. The zero-order chi connectivity index (χ0) is 21.3. The summed E-state index contributed by atoms with van der Waals surface area (Å²) in [6.45, 7) is 0. The molecule has 30 heavy (non-hydrogen) atoms. The topological polar surface area (TPSA) is 63.8 Å². The Bertz CT molecular complexity index is 1300. The van der Waals surface area contributed by atoms with Crippen LogP contribution in [0.5, 0.6) is 11.6 Å². The van der Waals surface area contributed by atoms with Crippen molar-refractivity contribution in [2.24, 2.45) is 5.10 Å². The maximum absolute atomic E-state index is 12.5. The molecule has 0 radical (unpaired) electrons. The summed E-state index contributed by atoms with van der Waals surface area (Å²) in [5.41, 5.74) is 3.09. The van der Waals surface area contributed by atoms with Crippen LogP contribution in [0.1, 0.15) is 21.6 Å². The number of rotatable bonds is 4. The van der Waals surface area contributed by atoms with E-state index in [9.17, 15) is 9.90 Å². The first-order valence-corrected chi connectivity index (χ1v) is 10.9. The fourth-order valence-electron chi connectivity index (χ4n) is 3.01. The maximum Gasteiger partial charge on any atom is 0.232 e. The first-order chi connectivity index (χ1) is 14.5. The summed E-state index contributed by atoms with van der Waals surface area (Å²) in [4.78, 5) is 12.9. The Morgan fingerprint density at radius 1 is 1.23 bits per heavy atom. The summed E-state index contributed by atoms with van der Waals surface area (Å²) < 4.78 is 7.66. The molecule has 0 fully saturated rings. The molecule has 150 valence electrons. The smallest absolute Gasteiger partial charge is 0.232 e. The van der Waals surface area contributed by atoms with Gasteiger partial charge in [0.1, 0.15) is 5.75 Å². The zero-order valence-electron chi connectivity index (χ0n) is 15.7. The number of ketones is 1. The highest BCUT2D eigenvalue weighted by atomic mass is 79.9. The van der Waals surface area contributed by atoms with Gasteiger partial charge in [-0.1, -0.05) is 41.7 Å². The normalized spacial score (nSPS) is 14.5. The molecule has 0 atom stereocenters. The molecule has 0 spiro atoms. The standard InChI is InChI=1S/C22H15BrN2O3S2/c1-28-19-9-6-13(10-17(19)23)12-24-25-21(27)20(30-22(25)29)11-16-15-5-3-2-4-14(15)7-8-18(16)26/h2-12,27H,1H3/b16-11-,24-12?. The van der Waals surface area contributed by atoms with Crippen LogP contribution in [-0.4, -0.2) is 28.9 Å². The molecule has 1 N–H and O–H groups in total. The van der Waals surface area contributed by atoms with Gasteiger partial charge in [-0.25, -0.2) is 0 Å². The fourth-order valence-corrected chi connectivity index (χ4v) is 4.74. The summed E-state index contributed by atoms with van der Waals surface area (Å²) in [6.07, 6.45) is 6.57. The minimum Gasteiger partial charge on any atom is -0.496 e. The quantitative estimate of drug-likeness (QED) is 0.281. The number of methoxy groups -OCH3 is 1. The molecule has 5 nitrogen and oxygen atoms in total. The van der Waals surface area contributed by atoms with Crippen LogP contribution in [0.2, 0.25) is 0 Å². The Balaban J connectivity index is 1.70. The number of hydrogen-bond donors (Lipinski definition) is 1. The minimum absolute atomic E-state index is 0.110. The van der Waals surface area contributed by atoms with E-state index in [0.29, 0.717) is 20.2 Å². The van der Waals surface area contributed by atoms with Crippen molar-refractivity contribution in [3.8, 4) is 11.6 Å². The van der Waals surface area contributed by atoms with Gasteiger partial charge in [-0.15, -0.1) is 0 Å². The molecule has 1 aromatic heterocycles. The van der Waals surface area contributed by atoms with E-state index in [0.717, 1.165) is 21.2 Å². The summed E-state index contributed by atoms with van der Waals surface area (Å²) >= 11 is 9.99.